The maximum atomic E-state index is 11.8. The number of nitrogens with zero attached hydrogens (tertiary/aromatic N) is 2. The maximum absolute atomic E-state index is 11.8. The normalized spacial score (nSPS) is 28.6. The molecule has 0 aliphatic carbocycles. The Balaban J connectivity index is 1.61. The highest BCUT2D eigenvalue weighted by Crippen LogP contribution is 2.41. The number of rotatable bonds is 4. The van der Waals surface area contributed by atoms with Gasteiger partial charge in [0.05, 0.1) is 25.7 Å². The Morgan fingerprint density at radius 3 is 3.14 bits per heavy atom. The number of hydrogen-bond acceptors (Lipinski definition) is 4. The molecule has 0 radical (unpaired) electrons. The Kier molecular flexibility index (Phi) is 3.91. The molecule has 2 aliphatic rings. The predicted molar refractivity (Wildman–Crippen MR) is 77.8 cm³/mol. The minimum Gasteiger partial charge on any atom is -0.472 e. The quantitative estimate of drug-likeness (QED) is 0.900. The highest BCUT2D eigenvalue weighted by atomic mass is 16.5. The SMILES string of the molecule is CN(C)C(=O)NC[C@@]12COC[C@@H]1CN(Cc1ccoc1)C2. The molecule has 0 bridgehead atoms. The van der Waals surface area contributed by atoms with E-state index in [2.05, 4.69) is 10.2 Å². The van der Waals surface area contributed by atoms with Gasteiger partial charge in [0.25, 0.3) is 0 Å². The predicted octanol–water partition coefficient (Wildman–Crippen LogP) is 0.999. The van der Waals surface area contributed by atoms with Gasteiger partial charge < -0.3 is 19.4 Å². The van der Waals surface area contributed by atoms with Crippen molar-refractivity contribution < 1.29 is 13.9 Å². The molecule has 3 rings (SSSR count). The van der Waals surface area contributed by atoms with Crippen LogP contribution < -0.4 is 5.32 Å². The van der Waals surface area contributed by atoms with Crippen molar-refractivity contribution in [2.45, 2.75) is 6.54 Å². The zero-order valence-corrected chi connectivity index (χ0v) is 12.7. The van der Waals surface area contributed by atoms with E-state index in [0.717, 1.165) is 32.8 Å². The van der Waals surface area contributed by atoms with Crippen molar-refractivity contribution in [2.24, 2.45) is 11.3 Å². The van der Waals surface area contributed by atoms with Gasteiger partial charge in [-0.3, -0.25) is 4.90 Å². The van der Waals surface area contributed by atoms with Crippen LogP contribution in [0.2, 0.25) is 0 Å². The third-order valence-electron chi connectivity index (χ3n) is 4.58. The molecule has 0 spiro atoms. The molecule has 1 N–H and O–H groups in total. The van der Waals surface area contributed by atoms with E-state index in [1.54, 1.807) is 31.5 Å². The van der Waals surface area contributed by atoms with E-state index in [4.69, 9.17) is 9.15 Å². The molecule has 6 nitrogen and oxygen atoms in total. The van der Waals surface area contributed by atoms with Crippen LogP contribution >= 0.6 is 0 Å². The molecule has 2 amide bonds. The fourth-order valence-corrected chi connectivity index (χ4v) is 3.36. The largest absolute Gasteiger partial charge is 0.472 e. The number of furan rings is 1. The van der Waals surface area contributed by atoms with Gasteiger partial charge in [-0.2, -0.15) is 0 Å². The number of amides is 2. The molecule has 1 aromatic heterocycles. The van der Waals surface area contributed by atoms with Gasteiger partial charge in [0.2, 0.25) is 0 Å². The topological polar surface area (TPSA) is 58.0 Å². The Morgan fingerprint density at radius 1 is 1.57 bits per heavy atom. The fraction of sp³-hybridized carbons (Fsp3) is 0.667. The van der Waals surface area contributed by atoms with E-state index in [1.165, 1.54) is 5.56 Å². The Morgan fingerprint density at radius 2 is 2.43 bits per heavy atom. The van der Waals surface area contributed by atoms with E-state index in [9.17, 15) is 4.79 Å². The summed E-state index contributed by atoms with van der Waals surface area (Å²) >= 11 is 0. The summed E-state index contributed by atoms with van der Waals surface area (Å²) in [6, 6.07) is 1.97. The van der Waals surface area contributed by atoms with Crippen molar-refractivity contribution in [2.75, 3.05) is 46.9 Å². The molecule has 21 heavy (non-hydrogen) atoms. The summed E-state index contributed by atoms with van der Waals surface area (Å²) in [6.07, 6.45) is 3.51. The Bertz CT molecular complexity index is 488. The molecule has 2 aliphatic heterocycles. The third-order valence-corrected chi connectivity index (χ3v) is 4.58. The van der Waals surface area contributed by atoms with Crippen LogP contribution in [0.5, 0.6) is 0 Å². The lowest BCUT2D eigenvalue weighted by atomic mass is 9.81. The maximum Gasteiger partial charge on any atom is 0.316 e. The van der Waals surface area contributed by atoms with Gasteiger partial charge >= 0.3 is 6.03 Å². The van der Waals surface area contributed by atoms with E-state index in [1.807, 2.05) is 6.07 Å². The minimum absolute atomic E-state index is 0.0386. The van der Waals surface area contributed by atoms with Crippen LogP contribution in [-0.2, 0) is 11.3 Å². The summed E-state index contributed by atoms with van der Waals surface area (Å²) in [5.74, 6) is 0.492. The number of carbonyl (C=O) groups excluding carboxylic acids is 1. The molecule has 6 heteroatoms. The summed E-state index contributed by atoms with van der Waals surface area (Å²) in [7, 11) is 3.52. The molecule has 2 fully saturated rings. The molecule has 0 unspecified atom stereocenters. The van der Waals surface area contributed by atoms with Crippen molar-refractivity contribution in [3.8, 4) is 0 Å². The fourth-order valence-electron chi connectivity index (χ4n) is 3.36. The first-order valence-electron chi connectivity index (χ1n) is 7.35. The molecule has 2 saturated heterocycles. The minimum atomic E-state index is -0.0386. The van der Waals surface area contributed by atoms with Gasteiger partial charge in [-0.05, 0) is 6.07 Å². The number of carbonyl (C=O) groups is 1. The number of nitrogens with one attached hydrogen (secondary N) is 1. The number of hydrogen-bond donors (Lipinski definition) is 1. The van der Waals surface area contributed by atoms with Crippen LogP contribution in [0.1, 0.15) is 5.56 Å². The standard InChI is InChI=1S/C15H23N3O3/c1-17(2)14(19)16-9-15-10-18(5-12-3-4-20-7-12)6-13(15)8-21-11-15/h3-4,7,13H,5-6,8-11H2,1-2H3,(H,16,19)/t13-,15+/m0/s1. The van der Waals surface area contributed by atoms with Crippen LogP contribution in [-0.4, -0.2) is 62.8 Å². The van der Waals surface area contributed by atoms with Gasteiger partial charge in [0.1, 0.15) is 0 Å². The number of fused-ring (bicyclic) bond motifs is 1. The molecule has 116 valence electrons. The van der Waals surface area contributed by atoms with Crippen molar-refractivity contribution in [3.05, 3.63) is 24.2 Å². The average Bonchev–Trinajstić information content (AvgIpc) is 3.12. The lowest BCUT2D eigenvalue weighted by molar-refractivity contribution is 0.125. The van der Waals surface area contributed by atoms with E-state index >= 15 is 0 Å². The summed E-state index contributed by atoms with van der Waals surface area (Å²) in [4.78, 5) is 15.8. The van der Waals surface area contributed by atoms with E-state index in [-0.39, 0.29) is 11.4 Å². The number of ether oxygens (including phenoxy) is 1. The van der Waals surface area contributed by atoms with Crippen LogP contribution in [0.15, 0.2) is 23.0 Å². The molecule has 3 heterocycles. The lowest BCUT2D eigenvalue weighted by Crippen LogP contribution is -2.45. The first-order valence-corrected chi connectivity index (χ1v) is 7.35. The van der Waals surface area contributed by atoms with Crippen LogP contribution in [0.25, 0.3) is 0 Å². The highest BCUT2D eigenvalue weighted by Gasteiger charge is 2.50. The summed E-state index contributed by atoms with van der Waals surface area (Å²) in [6.45, 7) is 5.07. The van der Waals surface area contributed by atoms with Crippen molar-refractivity contribution in [3.63, 3.8) is 0 Å². The monoisotopic (exact) mass is 293 g/mol. The zero-order chi connectivity index (χ0) is 14.9. The highest BCUT2D eigenvalue weighted by molar-refractivity contribution is 5.73. The molecule has 0 saturated carbocycles. The average molecular weight is 293 g/mol. The molecular formula is C15H23N3O3. The Hall–Kier alpha value is -1.53. The van der Waals surface area contributed by atoms with Crippen molar-refractivity contribution >= 4 is 6.03 Å². The van der Waals surface area contributed by atoms with Crippen molar-refractivity contribution in [1.29, 1.82) is 0 Å². The van der Waals surface area contributed by atoms with E-state index in [0.29, 0.717) is 12.5 Å². The molecular weight excluding hydrogens is 270 g/mol. The summed E-state index contributed by atoms with van der Waals surface area (Å²) in [5, 5.41) is 3.03. The lowest BCUT2D eigenvalue weighted by Gasteiger charge is -2.28. The second kappa shape index (κ2) is 5.69. The molecule has 0 aromatic carbocycles. The summed E-state index contributed by atoms with van der Waals surface area (Å²) < 4.78 is 10.8. The number of urea groups is 1. The van der Waals surface area contributed by atoms with Crippen LogP contribution in [0.4, 0.5) is 4.79 Å². The van der Waals surface area contributed by atoms with Gasteiger partial charge in [0.15, 0.2) is 0 Å². The smallest absolute Gasteiger partial charge is 0.316 e. The second-order valence-electron chi connectivity index (χ2n) is 6.43. The van der Waals surface area contributed by atoms with Gasteiger partial charge in [-0.15, -0.1) is 0 Å². The molecule has 2 atom stereocenters. The van der Waals surface area contributed by atoms with Crippen LogP contribution in [0.3, 0.4) is 0 Å². The van der Waals surface area contributed by atoms with E-state index < -0.39 is 0 Å². The van der Waals surface area contributed by atoms with Gasteiger partial charge in [-0.1, -0.05) is 0 Å². The second-order valence-corrected chi connectivity index (χ2v) is 6.43. The zero-order valence-electron chi connectivity index (χ0n) is 12.7. The van der Waals surface area contributed by atoms with Crippen LogP contribution in [0, 0.1) is 11.3 Å². The van der Waals surface area contributed by atoms with Gasteiger partial charge in [-0.25, -0.2) is 4.79 Å². The summed E-state index contributed by atoms with van der Waals surface area (Å²) in [5.41, 5.74) is 1.25. The van der Waals surface area contributed by atoms with Crippen molar-refractivity contribution in [1.82, 2.24) is 15.1 Å². The Labute approximate surface area is 125 Å². The van der Waals surface area contributed by atoms with Gasteiger partial charge in [0, 0.05) is 57.2 Å². The third kappa shape index (κ3) is 2.91. The first kappa shape index (κ1) is 14.4. The number of likely N-dealkylation sites (tertiary alicyclic amines) is 1. The molecule has 1 aromatic rings. The first-order chi connectivity index (χ1) is 10.1.